The molecular weight excluding hydrogens is 356 g/mol. The molecule has 1 saturated carbocycles. The fourth-order valence-corrected chi connectivity index (χ4v) is 3.95. The number of carbonyl (C=O) groups is 1. The minimum Gasteiger partial charge on any atom is -0.486 e. The van der Waals surface area contributed by atoms with Gasteiger partial charge in [-0.2, -0.15) is 0 Å². The molecule has 4 nitrogen and oxygen atoms in total. The number of halogens is 1. The van der Waals surface area contributed by atoms with Crippen molar-refractivity contribution in [3.63, 3.8) is 0 Å². The number of nitrogens with zero attached hydrogens (tertiary/aromatic N) is 2. The molecule has 1 aliphatic rings. The van der Waals surface area contributed by atoms with Crippen LogP contribution < -0.4 is 4.74 Å². The van der Waals surface area contributed by atoms with Crippen LogP contribution in [0.4, 0.5) is 0 Å². The van der Waals surface area contributed by atoms with Crippen LogP contribution in [-0.4, -0.2) is 28.9 Å². The van der Waals surface area contributed by atoms with Gasteiger partial charge in [0, 0.05) is 23.5 Å². The predicted octanol–water partition coefficient (Wildman–Crippen LogP) is 5.17. The van der Waals surface area contributed by atoms with Crippen LogP contribution in [0.3, 0.4) is 0 Å². The lowest BCUT2D eigenvalue weighted by atomic mass is 10.1. The van der Waals surface area contributed by atoms with E-state index in [0.29, 0.717) is 23.4 Å². The van der Waals surface area contributed by atoms with E-state index in [2.05, 4.69) is 4.98 Å². The Morgan fingerprint density at radius 3 is 2.60 bits per heavy atom. The first-order valence-corrected chi connectivity index (χ1v) is 9.99. The van der Waals surface area contributed by atoms with Gasteiger partial charge in [-0.15, -0.1) is 11.3 Å². The molecule has 1 heterocycles. The molecule has 0 saturated heterocycles. The van der Waals surface area contributed by atoms with Crippen molar-refractivity contribution in [2.24, 2.45) is 0 Å². The Morgan fingerprint density at radius 1 is 1.24 bits per heavy atom. The molecule has 0 N–H and O–H groups in total. The van der Waals surface area contributed by atoms with Crippen molar-refractivity contribution < 1.29 is 9.53 Å². The number of ether oxygens (including phenoxy) is 1. The van der Waals surface area contributed by atoms with Gasteiger partial charge in [-0.05, 0) is 37.1 Å². The molecule has 6 heteroatoms. The number of amides is 1. The van der Waals surface area contributed by atoms with Gasteiger partial charge in [0.05, 0.1) is 0 Å². The van der Waals surface area contributed by atoms with Crippen molar-refractivity contribution in [2.45, 2.75) is 51.2 Å². The molecule has 0 aliphatic heterocycles. The molecule has 1 amide bonds. The van der Waals surface area contributed by atoms with E-state index in [9.17, 15) is 4.79 Å². The SMILES string of the molecule is CN(C(=O)c1csc(COc2ccc(Cl)cc2)n1)C1CCCCCC1. The third kappa shape index (κ3) is 4.95. The van der Waals surface area contributed by atoms with Crippen molar-refractivity contribution in [3.05, 3.63) is 45.4 Å². The standard InChI is InChI=1S/C19H23ClN2O2S/c1-22(15-6-4-2-3-5-7-15)19(23)17-13-25-18(21-17)12-24-16-10-8-14(20)9-11-16/h8-11,13,15H,2-7,12H2,1H3. The second-order valence-corrected chi connectivity index (χ2v) is 7.81. The summed E-state index contributed by atoms with van der Waals surface area (Å²) in [6.45, 7) is 0.354. The zero-order valence-corrected chi connectivity index (χ0v) is 16.0. The molecule has 2 aromatic rings. The second-order valence-electron chi connectivity index (χ2n) is 6.43. The summed E-state index contributed by atoms with van der Waals surface area (Å²) in [5.74, 6) is 0.754. The van der Waals surface area contributed by atoms with E-state index >= 15 is 0 Å². The van der Waals surface area contributed by atoms with Crippen LogP contribution >= 0.6 is 22.9 Å². The van der Waals surface area contributed by atoms with E-state index in [1.165, 1.54) is 37.0 Å². The number of hydrogen-bond donors (Lipinski definition) is 0. The van der Waals surface area contributed by atoms with Crippen molar-refractivity contribution >= 4 is 28.8 Å². The normalized spacial score (nSPS) is 15.6. The fraction of sp³-hybridized carbons (Fsp3) is 0.474. The highest BCUT2D eigenvalue weighted by Gasteiger charge is 2.23. The monoisotopic (exact) mass is 378 g/mol. The molecule has 0 radical (unpaired) electrons. The van der Waals surface area contributed by atoms with Crippen molar-refractivity contribution in [1.29, 1.82) is 0 Å². The highest BCUT2D eigenvalue weighted by molar-refractivity contribution is 7.09. The van der Waals surface area contributed by atoms with Gasteiger partial charge in [0.25, 0.3) is 5.91 Å². The van der Waals surface area contributed by atoms with Crippen LogP contribution in [-0.2, 0) is 6.61 Å². The molecule has 3 rings (SSSR count). The van der Waals surface area contributed by atoms with Gasteiger partial charge in [-0.1, -0.05) is 37.3 Å². The van der Waals surface area contributed by atoms with Gasteiger partial charge in [0.1, 0.15) is 23.1 Å². The zero-order chi connectivity index (χ0) is 17.6. The van der Waals surface area contributed by atoms with Crippen LogP contribution in [0.15, 0.2) is 29.6 Å². The Hall–Kier alpha value is -1.59. The maximum absolute atomic E-state index is 12.7. The summed E-state index contributed by atoms with van der Waals surface area (Å²) in [7, 11) is 1.90. The Morgan fingerprint density at radius 2 is 1.92 bits per heavy atom. The molecule has 1 fully saturated rings. The van der Waals surface area contributed by atoms with Gasteiger partial charge >= 0.3 is 0 Å². The molecule has 0 spiro atoms. The lowest BCUT2D eigenvalue weighted by Crippen LogP contribution is -2.36. The first-order valence-electron chi connectivity index (χ1n) is 8.73. The third-order valence-electron chi connectivity index (χ3n) is 4.64. The minimum atomic E-state index is 0.0147. The van der Waals surface area contributed by atoms with E-state index in [0.717, 1.165) is 23.6 Å². The van der Waals surface area contributed by atoms with E-state index in [-0.39, 0.29) is 5.91 Å². The Bertz CT molecular complexity index is 694. The fourth-order valence-electron chi connectivity index (χ4n) is 3.14. The number of thiazole rings is 1. The molecule has 134 valence electrons. The van der Waals surface area contributed by atoms with Crippen LogP contribution in [0.5, 0.6) is 5.75 Å². The molecule has 1 aromatic carbocycles. The number of carbonyl (C=O) groups excluding carboxylic acids is 1. The average Bonchev–Trinajstić information content (AvgIpc) is 2.93. The molecule has 1 aliphatic carbocycles. The topological polar surface area (TPSA) is 42.4 Å². The smallest absolute Gasteiger partial charge is 0.273 e. The molecule has 0 atom stereocenters. The van der Waals surface area contributed by atoms with Crippen LogP contribution in [0.25, 0.3) is 0 Å². The zero-order valence-electron chi connectivity index (χ0n) is 14.4. The Labute approximate surface area is 157 Å². The number of rotatable bonds is 5. The minimum absolute atomic E-state index is 0.0147. The highest BCUT2D eigenvalue weighted by atomic mass is 35.5. The van der Waals surface area contributed by atoms with Crippen LogP contribution in [0.2, 0.25) is 5.02 Å². The maximum Gasteiger partial charge on any atom is 0.273 e. The Kier molecular flexibility index (Phi) is 6.32. The first-order chi connectivity index (χ1) is 12.1. The van der Waals surface area contributed by atoms with Crippen LogP contribution in [0, 0.1) is 0 Å². The number of aromatic nitrogens is 1. The van der Waals surface area contributed by atoms with Gasteiger partial charge in [-0.25, -0.2) is 4.98 Å². The summed E-state index contributed by atoms with van der Waals surface area (Å²) in [4.78, 5) is 19.0. The Balaban J connectivity index is 1.58. The molecule has 0 bridgehead atoms. The summed E-state index contributed by atoms with van der Waals surface area (Å²) in [5.41, 5.74) is 0.520. The lowest BCUT2D eigenvalue weighted by molar-refractivity contribution is 0.0712. The van der Waals surface area contributed by atoms with E-state index in [1.54, 1.807) is 12.1 Å². The van der Waals surface area contributed by atoms with Gasteiger partial charge in [0.15, 0.2) is 0 Å². The highest BCUT2D eigenvalue weighted by Crippen LogP contribution is 2.23. The summed E-state index contributed by atoms with van der Waals surface area (Å²) in [6, 6.07) is 7.56. The van der Waals surface area contributed by atoms with Gasteiger partial charge < -0.3 is 9.64 Å². The van der Waals surface area contributed by atoms with E-state index in [4.69, 9.17) is 16.3 Å². The van der Waals surface area contributed by atoms with Crippen molar-refractivity contribution in [1.82, 2.24) is 9.88 Å². The van der Waals surface area contributed by atoms with E-state index < -0.39 is 0 Å². The van der Waals surface area contributed by atoms with E-state index in [1.807, 2.05) is 29.5 Å². The first kappa shape index (κ1) is 18.2. The summed E-state index contributed by atoms with van der Waals surface area (Å²) < 4.78 is 5.70. The van der Waals surface area contributed by atoms with Crippen molar-refractivity contribution in [3.8, 4) is 5.75 Å². The number of hydrogen-bond acceptors (Lipinski definition) is 4. The number of benzene rings is 1. The molecule has 0 unspecified atom stereocenters. The predicted molar refractivity (Wildman–Crippen MR) is 101 cm³/mol. The molecule has 25 heavy (non-hydrogen) atoms. The second kappa shape index (κ2) is 8.68. The molecule has 1 aromatic heterocycles. The average molecular weight is 379 g/mol. The lowest BCUT2D eigenvalue weighted by Gasteiger charge is -2.26. The maximum atomic E-state index is 12.7. The summed E-state index contributed by atoms with van der Waals surface area (Å²) >= 11 is 7.32. The van der Waals surface area contributed by atoms with Crippen molar-refractivity contribution in [2.75, 3.05) is 7.05 Å². The quantitative estimate of drug-likeness (QED) is 0.674. The largest absolute Gasteiger partial charge is 0.486 e. The van der Waals surface area contributed by atoms with Gasteiger partial charge in [-0.3, -0.25) is 4.79 Å². The summed E-state index contributed by atoms with van der Waals surface area (Å²) in [5, 5.41) is 3.31. The van der Waals surface area contributed by atoms with Gasteiger partial charge in [0.2, 0.25) is 0 Å². The molecular formula is C19H23ClN2O2S. The summed E-state index contributed by atoms with van der Waals surface area (Å²) in [6.07, 6.45) is 7.17. The van der Waals surface area contributed by atoms with Crippen LogP contribution in [0.1, 0.15) is 54.0 Å². The third-order valence-corrected chi connectivity index (χ3v) is 5.71.